The number of nitrogens with zero attached hydrogens (tertiary/aromatic N) is 1. The first-order chi connectivity index (χ1) is 8.09. The molecule has 1 aromatic carbocycles. The van der Waals surface area contributed by atoms with Crippen LogP contribution >= 0.6 is 0 Å². The number of aromatic nitrogens is 1. The van der Waals surface area contributed by atoms with Gasteiger partial charge in [0.15, 0.2) is 0 Å². The fourth-order valence-electron chi connectivity index (χ4n) is 1.68. The fraction of sp³-hybridized carbons (Fsp3) is 0.0769. The SMILES string of the molecule is Cc1cc(F)c(C(=O)O)cc1-c1ccncc1. The van der Waals surface area contributed by atoms with Gasteiger partial charge >= 0.3 is 5.97 Å². The van der Waals surface area contributed by atoms with Crippen molar-refractivity contribution in [1.82, 2.24) is 4.98 Å². The molecule has 3 nitrogen and oxygen atoms in total. The Morgan fingerprint density at radius 1 is 1.29 bits per heavy atom. The molecule has 0 atom stereocenters. The highest BCUT2D eigenvalue weighted by Crippen LogP contribution is 2.25. The van der Waals surface area contributed by atoms with Gasteiger partial charge in [-0.25, -0.2) is 9.18 Å². The van der Waals surface area contributed by atoms with E-state index in [1.807, 2.05) is 0 Å². The van der Waals surface area contributed by atoms with Gasteiger partial charge in [0.2, 0.25) is 0 Å². The highest BCUT2D eigenvalue weighted by atomic mass is 19.1. The minimum absolute atomic E-state index is 0.317. The van der Waals surface area contributed by atoms with Crippen molar-refractivity contribution in [3.05, 3.63) is 53.6 Å². The molecular formula is C13H10FNO2. The third-order valence-electron chi connectivity index (χ3n) is 2.54. The van der Waals surface area contributed by atoms with E-state index < -0.39 is 11.8 Å². The van der Waals surface area contributed by atoms with Crippen molar-refractivity contribution in [1.29, 1.82) is 0 Å². The predicted octanol–water partition coefficient (Wildman–Crippen LogP) is 2.89. The third-order valence-corrected chi connectivity index (χ3v) is 2.54. The van der Waals surface area contributed by atoms with E-state index in [1.54, 1.807) is 31.5 Å². The van der Waals surface area contributed by atoms with Gasteiger partial charge in [-0.15, -0.1) is 0 Å². The molecular weight excluding hydrogens is 221 g/mol. The van der Waals surface area contributed by atoms with Crippen molar-refractivity contribution in [2.24, 2.45) is 0 Å². The van der Waals surface area contributed by atoms with Crippen LogP contribution in [0.1, 0.15) is 15.9 Å². The molecule has 2 rings (SSSR count). The number of pyridine rings is 1. The Balaban J connectivity index is 2.63. The molecule has 0 aliphatic rings. The molecule has 1 aromatic heterocycles. The molecule has 0 saturated carbocycles. The van der Waals surface area contributed by atoms with E-state index in [1.165, 1.54) is 12.1 Å². The van der Waals surface area contributed by atoms with Gasteiger partial charge in [0.05, 0.1) is 5.56 Å². The number of benzene rings is 1. The first-order valence-electron chi connectivity index (χ1n) is 5.03. The van der Waals surface area contributed by atoms with Crippen molar-refractivity contribution < 1.29 is 14.3 Å². The van der Waals surface area contributed by atoms with Crippen molar-refractivity contribution >= 4 is 5.97 Å². The first-order valence-corrected chi connectivity index (χ1v) is 5.03. The molecule has 0 bridgehead atoms. The summed E-state index contributed by atoms with van der Waals surface area (Å²) in [5.74, 6) is -1.98. The van der Waals surface area contributed by atoms with E-state index in [4.69, 9.17) is 5.11 Å². The number of rotatable bonds is 2. The lowest BCUT2D eigenvalue weighted by Crippen LogP contribution is -2.02. The minimum Gasteiger partial charge on any atom is -0.478 e. The Morgan fingerprint density at radius 3 is 2.53 bits per heavy atom. The second kappa shape index (κ2) is 4.33. The van der Waals surface area contributed by atoms with E-state index >= 15 is 0 Å². The number of carboxylic acids is 1. The second-order valence-electron chi connectivity index (χ2n) is 3.69. The minimum atomic E-state index is -1.27. The van der Waals surface area contributed by atoms with Crippen LogP contribution in [0.25, 0.3) is 11.1 Å². The zero-order valence-electron chi connectivity index (χ0n) is 9.14. The molecule has 0 saturated heterocycles. The van der Waals surface area contributed by atoms with Crippen LogP contribution < -0.4 is 0 Å². The quantitative estimate of drug-likeness (QED) is 0.864. The summed E-state index contributed by atoms with van der Waals surface area (Å²) < 4.78 is 13.4. The Hall–Kier alpha value is -2.23. The monoisotopic (exact) mass is 231 g/mol. The van der Waals surface area contributed by atoms with Gasteiger partial charge in [-0.2, -0.15) is 0 Å². The van der Waals surface area contributed by atoms with Crippen molar-refractivity contribution in [2.75, 3.05) is 0 Å². The lowest BCUT2D eigenvalue weighted by atomic mass is 9.98. The molecule has 4 heteroatoms. The fourth-order valence-corrected chi connectivity index (χ4v) is 1.68. The van der Waals surface area contributed by atoms with Gasteiger partial charge in [0.1, 0.15) is 5.82 Å². The van der Waals surface area contributed by atoms with Crippen LogP contribution in [0, 0.1) is 12.7 Å². The molecule has 0 aliphatic heterocycles. The highest BCUT2D eigenvalue weighted by Gasteiger charge is 2.13. The third kappa shape index (κ3) is 2.15. The van der Waals surface area contributed by atoms with Gasteiger partial charge in [-0.05, 0) is 47.9 Å². The summed E-state index contributed by atoms with van der Waals surface area (Å²) >= 11 is 0. The molecule has 1 N–H and O–H groups in total. The summed E-state index contributed by atoms with van der Waals surface area (Å²) in [6.07, 6.45) is 3.22. The van der Waals surface area contributed by atoms with E-state index in [-0.39, 0.29) is 5.56 Å². The average Bonchev–Trinajstić information content (AvgIpc) is 2.29. The molecule has 0 fully saturated rings. The molecule has 0 spiro atoms. The second-order valence-corrected chi connectivity index (χ2v) is 3.69. The number of carbonyl (C=O) groups is 1. The normalized spacial score (nSPS) is 10.2. The number of hydrogen-bond donors (Lipinski definition) is 1. The standard InChI is InChI=1S/C13H10FNO2/c1-8-6-12(14)11(13(16)17)7-10(8)9-2-4-15-5-3-9/h2-7H,1H3,(H,16,17). The molecule has 0 aliphatic carbocycles. The summed E-state index contributed by atoms with van der Waals surface area (Å²) in [5.41, 5.74) is 1.90. The molecule has 86 valence electrons. The number of halogens is 1. The van der Waals surface area contributed by atoms with Crippen LogP contribution in [-0.2, 0) is 0 Å². The van der Waals surface area contributed by atoms with E-state index in [9.17, 15) is 9.18 Å². The molecule has 2 aromatic rings. The van der Waals surface area contributed by atoms with Crippen LogP contribution in [0.4, 0.5) is 4.39 Å². The molecule has 0 radical (unpaired) electrons. The Labute approximate surface area is 97.6 Å². The average molecular weight is 231 g/mol. The molecule has 17 heavy (non-hydrogen) atoms. The summed E-state index contributed by atoms with van der Waals surface area (Å²) in [6.45, 7) is 1.74. The maximum atomic E-state index is 13.4. The largest absolute Gasteiger partial charge is 0.478 e. The first kappa shape index (κ1) is 11.3. The van der Waals surface area contributed by atoms with Crippen LogP contribution in [0.5, 0.6) is 0 Å². The lowest BCUT2D eigenvalue weighted by Gasteiger charge is -2.08. The highest BCUT2D eigenvalue weighted by molar-refractivity contribution is 5.90. The van der Waals surface area contributed by atoms with Gasteiger partial charge in [-0.1, -0.05) is 0 Å². The van der Waals surface area contributed by atoms with E-state index in [0.29, 0.717) is 11.1 Å². The summed E-state index contributed by atoms with van der Waals surface area (Å²) in [5, 5.41) is 8.88. The summed E-state index contributed by atoms with van der Waals surface area (Å²) in [6, 6.07) is 6.10. The van der Waals surface area contributed by atoms with Gasteiger partial charge in [-0.3, -0.25) is 4.98 Å². The Morgan fingerprint density at radius 2 is 1.94 bits per heavy atom. The maximum Gasteiger partial charge on any atom is 0.338 e. The number of carboxylic acid groups (broad SMARTS) is 1. The van der Waals surface area contributed by atoms with Crippen LogP contribution in [0.3, 0.4) is 0 Å². The van der Waals surface area contributed by atoms with Crippen molar-refractivity contribution in [3.8, 4) is 11.1 Å². The van der Waals surface area contributed by atoms with Crippen molar-refractivity contribution in [2.45, 2.75) is 6.92 Å². The number of hydrogen-bond acceptors (Lipinski definition) is 2. The van der Waals surface area contributed by atoms with Gasteiger partial charge < -0.3 is 5.11 Å². The zero-order valence-corrected chi connectivity index (χ0v) is 9.14. The van der Waals surface area contributed by atoms with Gasteiger partial charge in [0, 0.05) is 12.4 Å². The summed E-state index contributed by atoms with van der Waals surface area (Å²) in [7, 11) is 0. The van der Waals surface area contributed by atoms with Crippen LogP contribution in [0.2, 0.25) is 0 Å². The van der Waals surface area contributed by atoms with E-state index in [0.717, 1.165) is 5.56 Å². The van der Waals surface area contributed by atoms with Crippen molar-refractivity contribution in [3.63, 3.8) is 0 Å². The lowest BCUT2D eigenvalue weighted by molar-refractivity contribution is 0.0692. The number of aromatic carboxylic acids is 1. The van der Waals surface area contributed by atoms with Crippen LogP contribution in [-0.4, -0.2) is 16.1 Å². The van der Waals surface area contributed by atoms with E-state index in [2.05, 4.69) is 4.98 Å². The summed E-state index contributed by atoms with van der Waals surface area (Å²) in [4.78, 5) is 14.7. The predicted molar refractivity (Wildman–Crippen MR) is 61.3 cm³/mol. The number of aryl methyl sites for hydroxylation is 1. The topological polar surface area (TPSA) is 50.2 Å². The molecule has 0 unspecified atom stereocenters. The zero-order chi connectivity index (χ0) is 12.4. The Kier molecular flexibility index (Phi) is 2.87. The van der Waals surface area contributed by atoms with Gasteiger partial charge in [0.25, 0.3) is 0 Å². The van der Waals surface area contributed by atoms with Crippen LogP contribution in [0.15, 0.2) is 36.7 Å². The maximum absolute atomic E-state index is 13.4. The Bertz CT molecular complexity index is 567. The smallest absolute Gasteiger partial charge is 0.338 e. The molecule has 0 amide bonds. The molecule has 1 heterocycles.